The second kappa shape index (κ2) is 24.3. The molecule has 0 aromatic heterocycles. The summed E-state index contributed by atoms with van der Waals surface area (Å²) in [6, 6.07) is 0. The van der Waals surface area contributed by atoms with Crippen LogP contribution < -0.4 is 0 Å². The minimum absolute atomic E-state index is 0. The standard InChI is InChI=1S/C6H14.C5H12.5CH4/c1-5-6(2,3)4;1-4-5(2)3;;;;;/h5H2,1-4H3;5H,4H2,1-3H3;5*1H4. The van der Waals surface area contributed by atoms with Crippen molar-refractivity contribution in [2.24, 2.45) is 11.3 Å². The van der Waals surface area contributed by atoms with Gasteiger partial charge in [0.15, 0.2) is 0 Å². The van der Waals surface area contributed by atoms with Crippen LogP contribution in [0.25, 0.3) is 0 Å². The molecule has 0 aliphatic rings. The van der Waals surface area contributed by atoms with E-state index in [1.807, 2.05) is 0 Å². The minimum atomic E-state index is 0. The van der Waals surface area contributed by atoms with Crippen molar-refractivity contribution in [3.8, 4) is 0 Å². The summed E-state index contributed by atoms with van der Waals surface area (Å²) in [7, 11) is 0. The molecule has 0 unspecified atom stereocenters. The molecular formula is C16H46. The molecule has 0 saturated carbocycles. The first-order chi connectivity index (χ1) is 4.83. The van der Waals surface area contributed by atoms with Crippen LogP contribution >= 0.6 is 0 Å². The topological polar surface area (TPSA) is 0 Å². The van der Waals surface area contributed by atoms with Crippen molar-refractivity contribution in [2.45, 2.75) is 98.4 Å². The third-order valence-corrected chi connectivity index (χ3v) is 1.88. The summed E-state index contributed by atoms with van der Waals surface area (Å²) in [6.45, 7) is 15.6. The maximum absolute atomic E-state index is 2.24. The van der Waals surface area contributed by atoms with Crippen molar-refractivity contribution < 1.29 is 0 Å². The fraction of sp³-hybridized carbons (Fsp3) is 1.00. The predicted molar refractivity (Wildman–Crippen MR) is 88.5 cm³/mol. The predicted octanol–water partition coefficient (Wildman–Crippen LogP) is 7.68. The molecule has 0 aliphatic carbocycles. The van der Waals surface area contributed by atoms with Gasteiger partial charge in [-0.1, -0.05) is 98.4 Å². The average molecular weight is 239 g/mol. The molecule has 0 heterocycles. The Morgan fingerprint density at radius 3 is 0.875 bits per heavy atom. The van der Waals surface area contributed by atoms with E-state index in [9.17, 15) is 0 Å². The van der Waals surface area contributed by atoms with E-state index in [0.29, 0.717) is 5.41 Å². The van der Waals surface area contributed by atoms with Gasteiger partial charge in [-0.2, -0.15) is 0 Å². The Hall–Kier alpha value is 0. The lowest BCUT2D eigenvalue weighted by molar-refractivity contribution is 0.398. The van der Waals surface area contributed by atoms with Gasteiger partial charge in [0.1, 0.15) is 0 Å². The monoisotopic (exact) mass is 238 g/mol. The zero-order valence-corrected chi connectivity index (χ0v) is 9.49. The van der Waals surface area contributed by atoms with Crippen LogP contribution in [0.3, 0.4) is 0 Å². The highest BCUT2D eigenvalue weighted by atomic mass is 14.1. The highest BCUT2D eigenvalue weighted by Gasteiger charge is 2.03. The van der Waals surface area contributed by atoms with Gasteiger partial charge in [-0.25, -0.2) is 0 Å². The van der Waals surface area contributed by atoms with Crippen molar-refractivity contribution in [3.05, 3.63) is 0 Å². The molecule has 0 aromatic rings. The van der Waals surface area contributed by atoms with Crippen LogP contribution in [0.2, 0.25) is 0 Å². The van der Waals surface area contributed by atoms with E-state index >= 15 is 0 Å². The Kier molecular flexibility index (Phi) is 67.5. The molecule has 0 heteroatoms. The molecule has 0 aliphatic heterocycles. The molecule has 0 rings (SSSR count). The smallest absolute Gasteiger partial charge is 0.0385 e. The normalized spacial score (nSPS) is 7.50. The summed E-state index contributed by atoms with van der Waals surface area (Å²) in [6.07, 6.45) is 2.58. The third kappa shape index (κ3) is 94.6. The summed E-state index contributed by atoms with van der Waals surface area (Å²) >= 11 is 0. The van der Waals surface area contributed by atoms with E-state index in [4.69, 9.17) is 0 Å². The molecule has 0 radical (unpaired) electrons. The summed E-state index contributed by atoms with van der Waals surface area (Å²) < 4.78 is 0. The molecule has 0 aromatic carbocycles. The fourth-order valence-corrected chi connectivity index (χ4v) is 0. The quantitative estimate of drug-likeness (QED) is 0.439. The van der Waals surface area contributed by atoms with Gasteiger partial charge in [-0.05, 0) is 11.3 Å². The molecule has 0 saturated heterocycles. The molecule has 110 valence electrons. The number of hydrogen-bond donors (Lipinski definition) is 0. The Balaban J connectivity index is -0.0000000155. The summed E-state index contributed by atoms with van der Waals surface area (Å²) in [4.78, 5) is 0. The molecule has 0 fully saturated rings. The lowest BCUT2D eigenvalue weighted by Crippen LogP contribution is -2.00. The van der Waals surface area contributed by atoms with Gasteiger partial charge in [-0.3, -0.25) is 0 Å². The van der Waals surface area contributed by atoms with E-state index in [2.05, 4.69) is 48.5 Å². The van der Waals surface area contributed by atoms with Crippen LogP contribution in [0, 0.1) is 11.3 Å². The van der Waals surface area contributed by atoms with Crippen molar-refractivity contribution in [1.82, 2.24) is 0 Å². The maximum atomic E-state index is 2.24. The van der Waals surface area contributed by atoms with Crippen molar-refractivity contribution in [1.29, 1.82) is 0 Å². The second-order valence-corrected chi connectivity index (χ2v) is 4.72. The Labute approximate surface area is 110 Å². The zero-order chi connectivity index (χ0) is 9.49. The van der Waals surface area contributed by atoms with Gasteiger partial charge in [0.25, 0.3) is 0 Å². The highest BCUT2D eigenvalue weighted by molar-refractivity contribution is 4.55. The van der Waals surface area contributed by atoms with Crippen LogP contribution in [-0.4, -0.2) is 0 Å². The van der Waals surface area contributed by atoms with Gasteiger partial charge >= 0.3 is 0 Å². The van der Waals surface area contributed by atoms with Crippen LogP contribution in [0.15, 0.2) is 0 Å². The first-order valence-electron chi connectivity index (χ1n) is 4.83. The largest absolute Gasteiger partial charge is 0.0776 e. The molecule has 0 atom stereocenters. The van der Waals surface area contributed by atoms with E-state index in [0.717, 1.165) is 5.92 Å². The van der Waals surface area contributed by atoms with Crippen molar-refractivity contribution >= 4 is 0 Å². The molecule has 0 spiro atoms. The minimum Gasteiger partial charge on any atom is -0.0776 e. The Morgan fingerprint density at radius 1 is 0.750 bits per heavy atom. The number of hydrogen-bond acceptors (Lipinski definition) is 0. The molecule has 0 amide bonds. The second-order valence-electron chi connectivity index (χ2n) is 4.72. The molecule has 0 bridgehead atoms. The Morgan fingerprint density at radius 2 is 0.875 bits per heavy atom. The van der Waals surface area contributed by atoms with Crippen LogP contribution in [0.5, 0.6) is 0 Å². The van der Waals surface area contributed by atoms with Gasteiger partial charge in [0.2, 0.25) is 0 Å². The fourth-order valence-electron chi connectivity index (χ4n) is 0. The zero-order valence-electron chi connectivity index (χ0n) is 9.49. The third-order valence-electron chi connectivity index (χ3n) is 1.88. The molecule has 0 nitrogen and oxygen atoms in total. The first kappa shape index (κ1) is 44.4. The van der Waals surface area contributed by atoms with Gasteiger partial charge < -0.3 is 0 Å². The van der Waals surface area contributed by atoms with Gasteiger partial charge in [-0.15, -0.1) is 0 Å². The summed E-state index contributed by atoms with van der Waals surface area (Å²) in [5.74, 6) is 0.884. The van der Waals surface area contributed by atoms with Crippen LogP contribution in [0.4, 0.5) is 0 Å². The molecule has 0 N–H and O–H groups in total. The molecule has 16 heavy (non-hydrogen) atoms. The van der Waals surface area contributed by atoms with Crippen molar-refractivity contribution in [2.75, 3.05) is 0 Å². The van der Waals surface area contributed by atoms with Crippen molar-refractivity contribution in [3.63, 3.8) is 0 Å². The molecular weight excluding hydrogens is 192 g/mol. The van der Waals surface area contributed by atoms with E-state index in [1.165, 1.54) is 12.8 Å². The van der Waals surface area contributed by atoms with Crippen LogP contribution in [-0.2, 0) is 0 Å². The lowest BCUT2D eigenvalue weighted by atomic mass is 9.94. The average Bonchev–Trinajstić information content (AvgIpc) is 1.88. The first-order valence-corrected chi connectivity index (χ1v) is 4.83. The van der Waals surface area contributed by atoms with E-state index in [-0.39, 0.29) is 37.1 Å². The maximum Gasteiger partial charge on any atom is -0.0385 e. The lowest BCUT2D eigenvalue weighted by Gasteiger charge is -2.12. The summed E-state index contributed by atoms with van der Waals surface area (Å²) in [5.41, 5.74) is 0.542. The van der Waals surface area contributed by atoms with E-state index < -0.39 is 0 Å². The van der Waals surface area contributed by atoms with Gasteiger partial charge in [0.05, 0.1) is 0 Å². The SMILES string of the molecule is C.C.C.C.C.CCC(C)(C)C.CCC(C)C. The Bertz CT molecular complexity index is 64.6. The van der Waals surface area contributed by atoms with Gasteiger partial charge in [0, 0.05) is 0 Å². The van der Waals surface area contributed by atoms with Crippen LogP contribution in [0.1, 0.15) is 98.4 Å². The van der Waals surface area contributed by atoms with E-state index in [1.54, 1.807) is 0 Å². The highest BCUT2D eigenvalue weighted by Crippen LogP contribution is 2.16. The number of rotatable bonds is 1. The summed E-state index contributed by atoms with van der Waals surface area (Å²) in [5, 5.41) is 0.